The summed E-state index contributed by atoms with van der Waals surface area (Å²) in [4.78, 5) is 43.9. The molecule has 10 heteroatoms. The van der Waals surface area contributed by atoms with E-state index in [0.717, 1.165) is 5.56 Å². The summed E-state index contributed by atoms with van der Waals surface area (Å²) in [6.45, 7) is 7.12. The monoisotopic (exact) mass is 550 g/mol. The van der Waals surface area contributed by atoms with Crippen LogP contribution in [-0.2, 0) is 14.3 Å². The molecule has 0 saturated carbocycles. The summed E-state index contributed by atoms with van der Waals surface area (Å²) in [6, 6.07) is 11.4. The van der Waals surface area contributed by atoms with E-state index < -0.39 is 18.0 Å². The van der Waals surface area contributed by atoms with Crippen LogP contribution in [0.1, 0.15) is 44.9 Å². The van der Waals surface area contributed by atoms with Gasteiger partial charge in [0, 0.05) is 12.5 Å². The number of fused-ring (bicyclic) bond motifs is 1. The number of thiazole rings is 1. The highest BCUT2D eigenvalue weighted by Crippen LogP contribution is 2.36. The van der Waals surface area contributed by atoms with Crippen LogP contribution in [0.4, 0.5) is 0 Å². The summed E-state index contributed by atoms with van der Waals surface area (Å²) < 4.78 is 23.7. The van der Waals surface area contributed by atoms with E-state index in [1.165, 1.54) is 29.9 Å². The first-order valence-corrected chi connectivity index (χ1v) is 13.1. The van der Waals surface area contributed by atoms with Gasteiger partial charge < -0.3 is 18.9 Å². The maximum absolute atomic E-state index is 13.9. The second kappa shape index (κ2) is 11.7. The lowest BCUT2D eigenvalue weighted by Gasteiger charge is -2.25. The second-order valence-corrected chi connectivity index (χ2v) is 10.3. The van der Waals surface area contributed by atoms with E-state index in [1.54, 1.807) is 38.3 Å². The van der Waals surface area contributed by atoms with Crippen molar-refractivity contribution in [2.45, 2.75) is 33.7 Å². The fraction of sp³-hybridized carbons (Fsp3) is 0.310. The maximum Gasteiger partial charge on any atom is 0.338 e. The third-order valence-corrected chi connectivity index (χ3v) is 6.95. The van der Waals surface area contributed by atoms with Gasteiger partial charge in [-0.3, -0.25) is 14.2 Å². The Bertz CT molecular complexity index is 1630. The van der Waals surface area contributed by atoms with E-state index in [9.17, 15) is 14.4 Å². The Morgan fingerprint density at radius 2 is 1.79 bits per heavy atom. The molecular formula is C29H30N2O7S. The molecule has 204 valence electrons. The summed E-state index contributed by atoms with van der Waals surface area (Å²) in [5, 5.41) is 0. The Kier molecular flexibility index (Phi) is 8.35. The van der Waals surface area contributed by atoms with Crippen LogP contribution in [0.5, 0.6) is 17.2 Å². The van der Waals surface area contributed by atoms with Crippen LogP contribution in [0.2, 0.25) is 0 Å². The normalized spacial score (nSPS) is 15.1. The predicted molar refractivity (Wildman–Crippen MR) is 147 cm³/mol. The molecule has 1 aliphatic heterocycles. The van der Waals surface area contributed by atoms with Crippen molar-refractivity contribution in [2.75, 3.05) is 20.8 Å². The Morgan fingerprint density at radius 1 is 1.08 bits per heavy atom. The predicted octanol–water partition coefficient (Wildman–Crippen LogP) is 3.38. The Hall–Kier alpha value is -4.18. The molecule has 0 saturated heterocycles. The number of aromatic nitrogens is 1. The van der Waals surface area contributed by atoms with Gasteiger partial charge in [-0.25, -0.2) is 9.79 Å². The van der Waals surface area contributed by atoms with Crippen molar-refractivity contribution in [2.24, 2.45) is 10.9 Å². The van der Waals surface area contributed by atoms with Crippen LogP contribution < -0.4 is 29.1 Å². The highest BCUT2D eigenvalue weighted by atomic mass is 32.1. The van der Waals surface area contributed by atoms with Gasteiger partial charge in [0.25, 0.3) is 5.56 Å². The van der Waals surface area contributed by atoms with Crippen LogP contribution in [0.3, 0.4) is 0 Å². The number of benzene rings is 2. The Balaban J connectivity index is 1.94. The number of para-hydroxylation sites is 1. The first-order chi connectivity index (χ1) is 18.6. The Labute approximate surface area is 229 Å². The van der Waals surface area contributed by atoms with Crippen molar-refractivity contribution in [1.82, 2.24) is 4.57 Å². The van der Waals surface area contributed by atoms with Gasteiger partial charge in [-0.05, 0) is 42.7 Å². The third kappa shape index (κ3) is 5.80. The minimum absolute atomic E-state index is 0.124. The van der Waals surface area contributed by atoms with Crippen molar-refractivity contribution in [3.63, 3.8) is 0 Å². The first-order valence-electron chi connectivity index (χ1n) is 12.3. The summed E-state index contributed by atoms with van der Waals surface area (Å²) in [5.41, 5.74) is 1.68. The fourth-order valence-corrected chi connectivity index (χ4v) is 5.28. The van der Waals surface area contributed by atoms with Gasteiger partial charge in [0.05, 0.1) is 42.7 Å². The smallest absolute Gasteiger partial charge is 0.338 e. The lowest BCUT2D eigenvalue weighted by Crippen LogP contribution is -2.40. The molecule has 2 heterocycles. The second-order valence-electron chi connectivity index (χ2n) is 9.32. The number of ether oxygens (including phenoxy) is 4. The molecule has 39 heavy (non-hydrogen) atoms. The quantitative estimate of drug-likeness (QED) is 0.313. The number of hydrogen-bond donors (Lipinski definition) is 0. The van der Waals surface area contributed by atoms with E-state index in [0.29, 0.717) is 26.3 Å². The zero-order chi connectivity index (χ0) is 28.3. The minimum Gasteiger partial charge on any atom is -0.496 e. The van der Waals surface area contributed by atoms with E-state index in [-0.39, 0.29) is 35.2 Å². The van der Waals surface area contributed by atoms with E-state index in [4.69, 9.17) is 18.9 Å². The number of nitrogens with zero attached hydrogens (tertiary/aromatic N) is 2. The molecule has 0 unspecified atom stereocenters. The number of allylic oxidation sites excluding steroid dienone is 1. The molecule has 1 atom stereocenters. The maximum atomic E-state index is 13.9. The van der Waals surface area contributed by atoms with Crippen molar-refractivity contribution >= 4 is 29.4 Å². The number of methoxy groups -OCH3 is 2. The molecule has 0 bridgehead atoms. The van der Waals surface area contributed by atoms with Crippen molar-refractivity contribution < 1.29 is 28.5 Å². The molecule has 1 aromatic heterocycles. The third-order valence-electron chi connectivity index (χ3n) is 5.97. The molecular weight excluding hydrogens is 520 g/mol. The SMILES string of the molecule is COc1ccccc1/C=c1\sc2n(c1=O)[C@H](c1ccc(OC(C)=O)c(OC)c1)C(C(=O)OCC(C)C)=C(C)N=2. The van der Waals surface area contributed by atoms with Crippen LogP contribution >= 0.6 is 11.3 Å². The highest BCUT2D eigenvalue weighted by molar-refractivity contribution is 7.07. The summed E-state index contributed by atoms with van der Waals surface area (Å²) >= 11 is 1.22. The Morgan fingerprint density at radius 3 is 2.46 bits per heavy atom. The van der Waals surface area contributed by atoms with Gasteiger partial charge >= 0.3 is 11.9 Å². The summed E-state index contributed by atoms with van der Waals surface area (Å²) in [5.74, 6) is 0.194. The topological polar surface area (TPSA) is 105 Å². The minimum atomic E-state index is -0.846. The van der Waals surface area contributed by atoms with Crippen molar-refractivity contribution in [1.29, 1.82) is 0 Å². The average Bonchev–Trinajstić information content (AvgIpc) is 3.20. The van der Waals surface area contributed by atoms with E-state index in [2.05, 4.69) is 4.99 Å². The molecule has 1 aliphatic rings. The van der Waals surface area contributed by atoms with E-state index in [1.807, 2.05) is 38.1 Å². The molecule has 9 nitrogen and oxygen atoms in total. The lowest BCUT2D eigenvalue weighted by atomic mass is 9.95. The molecule has 0 radical (unpaired) electrons. The molecule has 4 rings (SSSR count). The molecule has 0 N–H and O–H groups in total. The number of hydrogen-bond acceptors (Lipinski definition) is 9. The van der Waals surface area contributed by atoms with E-state index >= 15 is 0 Å². The van der Waals surface area contributed by atoms with Crippen LogP contribution in [0, 0.1) is 5.92 Å². The first kappa shape index (κ1) is 27.8. The average molecular weight is 551 g/mol. The molecule has 2 aromatic carbocycles. The number of carbonyl (C=O) groups is 2. The molecule has 0 amide bonds. The van der Waals surface area contributed by atoms with Crippen LogP contribution in [-0.4, -0.2) is 37.3 Å². The van der Waals surface area contributed by atoms with Gasteiger partial charge in [0.1, 0.15) is 5.75 Å². The zero-order valence-corrected chi connectivity index (χ0v) is 23.5. The number of rotatable bonds is 8. The largest absolute Gasteiger partial charge is 0.496 e. The van der Waals surface area contributed by atoms with Crippen LogP contribution in [0.25, 0.3) is 6.08 Å². The standard InChI is InChI=1S/C29H30N2O7S/c1-16(2)15-37-28(34)25-17(3)30-29-31(26(25)20-11-12-22(38-18(4)32)23(13-20)36-6)27(33)24(39-29)14-19-9-7-8-10-21(19)35-5/h7-14,16,26H,15H2,1-6H3/b24-14-/t26-/m1/s1. The summed E-state index contributed by atoms with van der Waals surface area (Å²) in [7, 11) is 3.02. The molecule has 0 aliphatic carbocycles. The molecule has 0 spiro atoms. The lowest BCUT2D eigenvalue weighted by molar-refractivity contribution is -0.140. The van der Waals surface area contributed by atoms with Crippen molar-refractivity contribution in [3.05, 3.63) is 84.5 Å². The van der Waals surface area contributed by atoms with Gasteiger partial charge in [0.2, 0.25) is 0 Å². The molecule has 0 fully saturated rings. The number of carbonyl (C=O) groups excluding carboxylic acids is 2. The summed E-state index contributed by atoms with van der Waals surface area (Å²) in [6.07, 6.45) is 1.75. The highest BCUT2D eigenvalue weighted by Gasteiger charge is 2.34. The fourth-order valence-electron chi connectivity index (χ4n) is 4.24. The van der Waals surface area contributed by atoms with Crippen LogP contribution in [0.15, 0.2) is 63.5 Å². The van der Waals surface area contributed by atoms with Gasteiger partial charge in [0.15, 0.2) is 16.3 Å². The zero-order valence-electron chi connectivity index (χ0n) is 22.6. The van der Waals surface area contributed by atoms with Gasteiger partial charge in [-0.15, -0.1) is 0 Å². The van der Waals surface area contributed by atoms with Gasteiger partial charge in [-0.1, -0.05) is 49.4 Å². The van der Waals surface area contributed by atoms with Crippen molar-refractivity contribution in [3.8, 4) is 17.2 Å². The molecule has 3 aromatic rings. The number of esters is 2. The van der Waals surface area contributed by atoms with Gasteiger partial charge in [-0.2, -0.15) is 0 Å².